The fraction of sp³-hybridized carbons (Fsp3) is 0.259. The molecule has 0 aliphatic rings. The summed E-state index contributed by atoms with van der Waals surface area (Å²) < 4.78 is 20.2. The fourth-order valence-corrected chi connectivity index (χ4v) is 3.49. The van der Waals surface area contributed by atoms with Crippen LogP contribution in [-0.2, 0) is 22.6 Å². The van der Waals surface area contributed by atoms with Crippen molar-refractivity contribution in [3.05, 3.63) is 102 Å². The van der Waals surface area contributed by atoms with Crippen LogP contribution in [0.3, 0.4) is 0 Å². The number of ether oxygens (including phenoxy) is 1. The Morgan fingerprint density at radius 3 is 2.15 bits per heavy atom. The van der Waals surface area contributed by atoms with Crippen molar-refractivity contribution in [2.45, 2.75) is 38.9 Å². The molecule has 1 atom stereocenters. The van der Waals surface area contributed by atoms with E-state index in [1.807, 2.05) is 62.4 Å². The van der Waals surface area contributed by atoms with Crippen LogP contribution in [0.15, 0.2) is 84.9 Å². The number of hydrogen-bond acceptors (Lipinski definition) is 3. The molecule has 0 aliphatic carbocycles. The molecule has 3 aromatic rings. The Morgan fingerprint density at radius 1 is 0.909 bits per heavy atom. The third-order valence-corrected chi connectivity index (χ3v) is 5.11. The van der Waals surface area contributed by atoms with Crippen LogP contribution in [0.1, 0.15) is 25.0 Å². The molecule has 0 spiro atoms. The Morgan fingerprint density at radius 2 is 1.52 bits per heavy atom. The molecule has 6 heteroatoms. The van der Waals surface area contributed by atoms with E-state index in [0.29, 0.717) is 17.7 Å². The lowest BCUT2D eigenvalue weighted by molar-refractivity contribution is -0.143. The predicted molar refractivity (Wildman–Crippen MR) is 126 cm³/mol. The highest BCUT2D eigenvalue weighted by molar-refractivity contribution is 5.88. The number of halogens is 1. The summed E-state index contributed by atoms with van der Waals surface area (Å²) in [6.07, 6.45) is 0.297. The zero-order chi connectivity index (χ0) is 23.6. The molecule has 33 heavy (non-hydrogen) atoms. The second-order valence-electron chi connectivity index (χ2n) is 8.08. The maximum Gasteiger partial charge on any atom is 0.261 e. The standard InChI is InChI=1S/C27H29FN2O3/c1-20(2)29-27(32)25(17-21-11-5-3-6-12-21)30(18-22-13-9-10-16-24(22)28)26(31)19-33-23-14-7-4-8-15-23/h3-16,20,25H,17-19H2,1-2H3,(H,29,32). The smallest absolute Gasteiger partial charge is 0.261 e. The maximum atomic E-state index is 14.5. The molecular weight excluding hydrogens is 419 g/mol. The number of nitrogens with one attached hydrogen (secondary N) is 1. The molecule has 1 N–H and O–H groups in total. The van der Waals surface area contributed by atoms with E-state index in [1.165, 1.54) is 11.0 Å². The van der Waals surface area contributed by atoms with Gasteiger partial charge in [-0.25, -0.2) is 4.39 Å². The van der Waals surface area contributed by atoms with Crippen molar-refractivity contribution >= 4 is 11.8 Å². The summed E-state index contributed by atoms with van der Waals surface area (Å²) in [5, 5.41) is 2.91. The van der Waals surface area contributed by atoms with Crippen molar-refractivity contribution in [2.75, 3.05) is 6.61 Å². The average molecular weight is 449 g/mol. The van der Waals surface area contributed by atoms with Crippen LogP contribution in [0.5, 0.6) is 5.75 Å². The van der Waals surface area contributed by atoms with Crippen LogP contribution >= 0.6 is 0 Å². The molecule has 0 bridgehead atoms. The molecule has 0 fully saturated rings. The van der Waals surface area contributed by atoms with Crippen LogP contribution in [-0.4, -0.2) is 35.4 Å². The first-order valence-corrected chi connectivity index (χ1v) is 11.0. The van der Waals surface area contributed by atoms with Gasteiger partial charge in [0.25, 0.3) is 5.91 Å². The van der Waals surface area contributed by atoms with Gasteiger partial charge in [0.1, 0.15) is 17.6 Å². The van der Waals surface area contributed by atoms with Crippen molar-refractivity contribution < 1.29 is 18.7 Å². The summed E-state index contributed by atoms with van der Waals surface area (Å²) in [5.74, 6) is -0.579. The Labute approximate surface area is 194 Å². The molecule has 0 aliphatic heterocycles. The Kier molecular flexibility index (Phi) is 8.58. The molecule has 0 saturated heterocycles. The Hall–Kier alpha value is -3.67. The van der Waals surface area contributed by atoms with E-state index in [4.69, 9.17) is 4.74 Å². The van der Waals surface area contributed by atoms with Gasteiger partial charge < -0.3 is 15.0 Å². The first-order valence-electron chi connectivity index (χ1n) is 11.0. The third-order valence-electron chi connectivity index (χ3n) is 5.11. The van der Waals surface area contributed by atoms with E-state index < -0.39 is 17.8 Å². The largest absolute Gasteiger partial charge is 0.484 e. The second kappa shape index (κ2) is 11.8. The van der Waals surface area contributed by atoms with Gasteiger partial charge in [-0.2, -0.15) is 0 Å². The monoisotopic (exact) mass is 448 g/mol. The van der Waals surface area contributed by atoms with Crippen molar-refractivity contribution in [1.29, 1.82) is 0 Å². The van der Waals surface area contributed by atoms with Crippen molar-refractivity contribution in [3.63, 3.8) is 0 Å². The number of rotatable bonds is 10. The highest BCUT2D eigenvalue weighted by Gasteiger charge is 2.31. The van der Waals surface area contributed by atoms with Gasteiger partial charge in [0.05, 0.1) is 0 Å². The summed E-state index contributed by atoms with van der Waals surface area (Å²) in [4.78, 5) is 28.0. The van der Waals surface area contributed by atoms with E-state index in [0.717, 1.165) is 5.56 Å². The highest BCUT2D eigenvalue weighted by Crippen LogP contribution is 2.18. The van der Waals surface area contributed by atoms with E-state index in [9.17, 15) is 14.0 Å². The maximum absolute atomic E-state index is 14.5. The van der Waals surface area contributed by atoms with E-state index >= 15 is 0 Å². The lowest BCUT2D eigenvalue weighted by Gasteiger charge is -2.32. The van der Waals surface area contributed by atoms with Crippen LogP contribution in [0, 0.1) is 5.82 Å². The minimum absolute atomic E-state index is 0.0489. The van der Waals surface area contributed by atoms with Crippen molar-refractivity contribution in [1.82, 2.24) is 10.2 Å². The van der Waals surface area contributed by atoms with E-state index in [1.54, 1.807) is 30.3 Å². The first kappa shape index (κ1) is 24.0. The molecule has 0 heterocycles. The van der Waals surface area contributed by atoms with Gasteiger partial charge in [-0.1, -0.05) is 66.7 Å². The third kappa shape index (κ3) is 7.17. The SMILES string of the molecule is CC(C)NC(=O)C(Cc1ccccc1)N(Cc1ccccc1F)C(=O)COc1ccccc1. The molecule has 3 aromatic carbocycles. The second-order valence-corrected chi connectivity index (χ2v) is 8.08. The summed E-state index contributed by atoms with van der Waals surface area (Å²) in [6.45, 7) is 3.41. The quantitative estimate of drug-likeness (QED) is 0.501. The summed E-state index contributed by atoms with van der Waals surface area (Å²) in [6, 6.07) is 23.8. The normalized spacial score (nSPS) is 11.6. The number of carbonyl (C=O) groups is 2. The Bertz CT molecular complexity index is 1040. The lowest BCUT2D eigenvalue weighted by Crippen LogP contribution is -2.53. The van der Waals surface area contributed by atoms with Crippen LogP contribution in [0.2, 0.25) is 0 Å². The fourth-order valence-electron chi connectivity index (χ4n) is 3.49. The molecule has 2 amide bonds. The van der Waals surface area contributed by atoms with Gasteiger partial charge in [-0.15, -0.1) is 0 Å². The minimum atomic E-state index is -0.832. The number of nitrogens with zero attached hydrogens (tertiary/aromatic N) is 1. The van der Waals surface area contributed by atoms with Gasteiger partial charge in [-0.05, 0) is 37.6 Å². The number of hydrogen-bond donors (Lipinski definition) is 1. The number of carbonyl (C=O) groups excluding carboxylic acids is 2. The van der Waals surface area contributed by atoms with Gasteiger partial charge in [0.2, 0.25) is 5.91 Å². The first-order chi connectivity index (χ1) is 15.9. The zero-order valence-corrected chi connectivity index (χ0v) is 18.9. The van der Waals surface area contributed by atoms with Crippen molar-refractivity contribution in [3.8, 4) is 5.75 Å². The molecule has 0 saturated carbocycles. The van der Waals surface area contributed by atoms with Crippen LogP contribution < -0.4 is 10.1 Å². The zero-order valence-electron chi connectivity index (χ0n) is 18.9. The van der Waals surface area contributed by atoms with E-state index in [2.05, 4.69) is 5.32 Å². The van der Waals surface area contributed by atoms with E-state index in [-0.39, 0.29) is 25.1 Å². The van der Waals surface area contributed by atoms with Crippen LogP contribution in [0.25, 0.3) is 0 Å². The lowest BCUT2D eigenvalue weighted by atomic mass is 10.0. The van der Waals surface area contributed by atoms with Crippen LogP contribution in [0.4, 0.5) is 4.39 Å². The molecule has 172 valence electrons. The molecule has 5 nitrogen and oxygen atoms in total. The van der Waals surface area contributed by atoms with Crippen molar-refractivity contribution in [2.24, 2.45) is 0 Å². The topological polar surface area (TPSA) is 58.6 Å². The number of amides is 2. The average Bonchev–Trinajstić information content (AvgIpc) is 2.81. The van der Waals surface area contributed by atoms with Gasteiger partial charge in [0.15, 0.2) is 6.61 Å². The molecule has 1 unspecified atom stereocenters. The summed E-state index contributed by atoms with van der Waals surface area (Å²) >= 11 is 0. The number of para-hydroxylation sites is 1. The van der Waals surface area contributed by atoms with Gasteiger partial charge >= 0.3 is 0 Å². The molecule has 0 radical (unpaired) electrons. The summed E-state index contributed by atoms with van der Waals surface area (Å²) in [5.41, 5.74) is 1.23. The minimum Gasteiger partial charge on any atom is -0.484 e. The molecule has 3 rings (SSSR count). The number of benzene rings is 3. The molecule has 0 aromatic heterocycles. The predicted octanol–water partition coefficient (Wildman–Crippen LogP) is 4.37. The van der Waals surface area contributed by atoms with Gasteiger partial charge in [0, 0.05) is 24.6 Å². The Balaban J connectivity index is 1.91. The summed E-state index contributed by atoms with van der Waals surface area (Å²) in [7, 11) is 0. The molecular formula is C27H29FN2O3. The van der Waals surface area contributed by atoms with Gasteiger partial charge in [-0.3, -0.25) is 9.59 Å². The highest BCUT2D eigenvalue weighted by atomic mass is 19.1.